The third kappa shape index (κ3) is 0.899. The third-order valence-electron chi connectivity index (χ3n) is 0.737. The van der Waals surface area contributed by atoms with Gasteiger partial charge in [-0.05, 0) is 13.8 Å². The molecule has 0 unspecified atom stereocenters. The summed E-state index contributed by atoms with van der Waals surface area (Å²) in [6, 6.07) is 0. The Morgan fingerprint density at radius 2 is 2.43 bits per heavy atom. The molecule has 0 aromatic rings. The molecule has 1 aliphatic rings. The van der Waals surface area contributed by atoms with Crippen molar-refractivity contribution in [3.8, 4) is 0 Å². The summed E-state index contributed by atoms with van der Waals surface area (Å²) in [7, 11) is 0. The van der Waals surface area contributed by atoms with Gasteiger partial charge in [-0.15, -0.1) is 0 Å². The molecule has 0 bridgehead atoms. The molecule has 0 saturated carbocycles. The first-order valence-corrected chi connectivity index (χ1v) is 2.18. The Hall–Kier alpha value is -0.570. The standard InChI is InChI=1S/C4H8N2O/c1-4(2)5-3-6-7-4/h3H,1-2H3,(H,5,6). The Morgan fingerprint density at radius 3 is 2.57 bits per heavy atom. The van der Waals surface area contributed by atoms with Crippen LogP contribution in [0.1, 0.15) is 13.8 Å². The Bertz CT molecular complexity index is 97.9. The molecule has 0 aromatic carbocycles. The van der Waals surface area contributed by atoms with E-state index in [-0.39, 0.29) is 5.72 Å². The highest BCUT2D eigenvalue weighted by molar-refractivity contribution is 5.54. The van der Waals surface area contributed by atoms with E-state index in [2.05, 4.69) is 10.5 Å². The average molecular weight is 100 g/mol. The lowest BCUT2D eigenvalue weighted by atomic mass is 10.3. The smallest absolute Gasteiger partial charge is 0.181 e. The zero-order valence-electron chi connectivity index (χ0n) is 4.43. The van der Waals surface area contributed by atoms with Gasteiger partial charge in [0.05, 0.1) is 0 Å². The van der Waals surface area contributed by atoms with Gasteiger partial charge >= 0.3 is 0 Å². The molecule has 0 aromatic heterocycles. The molecule has 3 heteroatoms. The first-order valence-electron chi connectivity index (χ1n) is 2.18. The van der Waals surface area contributed by atoms with E-state index in [0.29, 0.717) is 0 Å². The van der Waals surface area contributed by atoms with Crippen molar-refractivity contribution in [2.24, 2.45) is 4.99 Å². The molecule has 3 nitrogen and oxygen atoms in total. The highest BCUT2D eigenvalue weighted by Gasteiger charge is 2.18. The normalized spacial score (nSPS) is 24.9. The monoisotopic (exact) mass is 100 g/mol. The lowest BCUT2D eigenvalue weighted by Gasteiger charge is -2.09. The maximum atomic E-state index is 4.87. The van der Waals surface area contributed by atoms with Crippen LogP contribution < -0.4 is 5.48 Å². The average Bonchev–Trinajstić information content (AvgIpc) is 1.84. The van der Waals surface area contributed by atoms with Crippen molar-refractivity contribution < 1.29 is 4.84 Å². The molecule has 1 N–H and O–H groups in total. The summed E-state index contributed by atoms with van der Waals surface area (Å²) in [6.07, 6.45) is 1.54. The molecule has 0 atom stereocenters. The van der Waals surface area contributed by atoms with Crippen LogP contribution >= 0.6 is 0 Å². The van der Waals surface area contributed by atoms with E-state index in [4.69, 9.17) is 4.84 Å². The minimum Gasteiger partial charge on any atom is -0.254 e. The van der Waals surface area contributed by atoms with Gasteiger partial charge in [0.25, 0.3) is 0 Å². The highest BCUT2D eigenvalue weighted by atomic mass is 16.7. The molecular weight excluding hydrogens is 92.1 g/mol. The van der Waals surface area contributed by atoms with Crippen molar-refractivity contribution in [2.45, 2.75) is 19.6 Å². The number of rotatable bonds is 0. The Balaban J connectivity index is 2.57. The molecule has 0 spiro atoms. The molecule has 0 saturated heterocycles. The lowest BCUT2D eigenvalue weighted by molar-refractivity contribution is -0.0262. The van der Waals surface area contributed by atoms with E-state index >= 15 is 0 Å². The molecule has 1 rings (SSSR count). The highest BCUT2D eigenvalue weighted by Crippen LogP contribution is 2.10. The molecule has 0 fully saturated rings. The summed E-state index contributed by atoms with van der Waals surface area (Å²) in [6.45, 7) is 3.76. The fourth-order valence-corrected chi connectivity index (χ4v) is 0.379. The van der Waals surface area contributed by atoms with Gasteiger partial charge < -0.3 is 0 Å². The van der Waals surface area contributed by atoms with E-state index in [1.165, 1.54) is 0 Å². The van der Waals surface area contributed by atoms with E-state index in [1.54, 1.807) is 6.34 Å². The summed E-state index contributed by atoms with van der Waals surface area (Å²) in [4.78, 5) is 8.78. The molecule has 7 heavy (non-hydrogen) atoms. The van der Waals surface area contributed by atoms with Gasteiger partial charge in [-0.2, -0.15) is 0 Å². The van der Waals surface area contributed by atoms with Crippen molar-refractivity contribution in [1.82, 2.24) is 5.48 Å². The number of hydroxylamine groups is 1. The SMILES string of the molecule is CC1(C)N=CNO1. The van der Waals surface area contributed by atoms with Gasteiger partial charge in [0, 0.05) is 0 Å². The van der Waals surface area contributed by atoms with Crippen LogP contribution in [0.2, 0.25) is 0 Å². The second kappa shape index (κ2) is 1.20. The van der Waals surface area contributed by atoms with Crippen LogP contribution in [0.5, 0.6) is 0 Å². The minimum absolute atomic E-state index is 0.347. The molecule has 1 aliphatic heterocycles. The predicted octanol–water partition coefficient (Wildman–Crippen LogP) is 0.286. The number of hydrogen-bond donors (Lipinski definition) is 1. The Kier molecular flexibility index (Phi) is 0.785. The largest absolute Gasteiger partial charge is 0.254 e. The van der Waals surface area contributed by atoms with Crippen LogP contribution in [0.15, 0.2) is 4.99 Å². The summed E-state index contributed by atoms with van der Waals surface area (Å²) in [5.41, 5.74) is 2.17. The van der Waals surface area contributed by atoms with Crippen LogP contribution in [0.4, 0.5) is 0 Å². The number of aliphatic imine (C=N–C) groups is 1. The number of hydrogen-bond acceptors (Lipinski definition) is 3. The van der Waals surface area contributed by atoms with Gasteiger partial charge in [-0.1, -0.05) is 0 Å². The summed E-state index contributed by atoms with van der Waals surface area (Å²) >= 11 is 0. The summed E-state index contributed by atoms with van der Waals surface area (Å²) < 4.78 is 0. The molecule has 1 heterocycles. The van der Waals surface area contributed by atoms with Crippen molar-refractivity contribution in [3.05, 3.63) is 0 Å². The van der Waals surface area contributed by atoms with Crippen LogP contribution in [-0.4, -0.2) is 12.1 Å². The quantitative estimate of drug-likeness (QED) is 0.474. The van der Waals surface area contributed by atoms with Gasteiger partial charge in [-0.3, -0.25) is 5.48 Å². The summed E-state index contributed by atoms with van der Waals surface area (Å²) in [5.74, 6) is 0. The second-order valence-electron chi connectivity index (χ2n) is 1.92. The molecule has 0 amide bonds. The lowest BCUT2D eigenvalue weighted by Crippen LogP contribution is -2.20. The van der Waals surface area contributed by atoms with Crippen LogP contribution in [-0.2, 0) is 4.84 Å². The first-order chi connectivity index (χ1) is 3.21. The minimum atomic E-state index is -0.347. The van der Waals surface area contributed by atoms with Crippen LogP contribution in [0, 0.1) is 0 Å². The zero-order valence-corrected chi connectivity index (χ0v) is 4.43. The van der Waals surface area contributed by atoms with Gasteiger partial charge in [-0.25, -0.2) is 9.83 Å². The molecule has 40 valence electrons. The van der Waals surface area contributed by atoms with Gasteiger partial charge in [0.2, 0.25) is 0 Å². The molecule has 0 aliphatic carbocycles. The number of nitrogens with zero attached hydrogens (tertiary/aromatic N) is 1. The van der Waals surface area contributed by atoms with Crippen LogP contribution in [0.25, 0.3) is 0 Å². The topological polar surface area (TPSA) is 33.6 Å². The fourth-order valence-electron chi connectivity index (χ4n) is 0.379. The Labute approximate surface area is 42.3 Å². The molecule has 0 radical (unpaired) electrons. The molecular formula is C4H8N2O. The summed E-state index contributed by atoms with van der Waals surface area (Å²) in [5, 5.41) is 0. The van der Waals surface area contributed by atoms with Gasteiger partial charge in [0.15, 0.2) is 5.72 Å². The second-order valence-corrected chi connectivity index (χ2v) is 1.92. The van der Waals surface area contributed by atoms with E-state index in [1.807, 2.05) is 13.8 Å². The maximum absolute atomic E-state index is 4.87. The Morgan fingerprint density at radius 1 is 1.71 bits per heavy atom. The van der Waals surface area contributed by atoms with Crippen molar-refractivity contribution in [2.75, 3.05) is 0 Å². The zero-order chi connectivity index (χ0) is 5.33. The maximum Gasteiger partial charge on any atom is 0.181 e. The van der Waals surface area contributed by atoms with E-state index < -0.39 is 0 Å². The number of nitrogens with one attached hydrogen (secondary N) is 1. The van der Waals surface area contributed by atoms with E-state index in [0.717, 1.165) is 0 Å². The van der Waals surface area contributed by atoms with E-state index in [9.17, 15) is 0 Å². The van der Waals surface area contributed by atoms with Gasteiger partial charge in [0.1, 0.15) is 6.34 Å². The van der Waals surface area contributed by atoms with Crippen molar-refractivity contribution in [1.29, 1.82) is 0 Å². The van der Waals surface area contributed by atoms with Crippen molar-refractivity contribution >= 4 is 6.34 Å². The third-order valence-corrected chi connectivity index (χ3v) is 0.737. The van der Waals surface area contributed by atoms with Crippen molar-refractivity contribution in [3.63, 3.8) is 0 Å². The fraction of sp³-hybridized carbons (Fsp3) is 0.750. The predicted molar refractivity (Wildman–Crippen MR) is 26.8 cm³/mol. The van der Waals surface area contributed by atoms with Crippen LogP contribution in [0.3, 0.4) is 0 Å². The first kappa shape index (κ1) is 4.59.